The van der Waals surface area contributed by atoms with Gasteiger partial charge >= 0.3 is 6.85 Å². The fourth-order valence-electron chi connectivity index (χ4n) is 4.53. The standard InChI is InChI=1S/C25H25BN3O/c1-16-13-17(2)27-25-23(16)21-15-29(5)26(18(3)24(21)30-25)22-14-20(11-12-28(22)4)19-9-7-6-8-10-19/h6-15H,1-5H3/q+1/i2D3. The van der Waals surface area contributed by atoms with Gasteiger partial charge in [-0.2, -0.15) is 0 Å². The molecule has 0 amide bonds. The normalized spacial score (nSPS) is 15.5. The maximum atomic E-state index is 7.74. The Bertz CT molecular complexity index is 1510. The third-order valence-corrected chi connectivity index (χ3v) is 5.98. The highest BCUT2D eigenvalue weighted by Crippen LogP contribution is 2.19. The van der Waals surface area contributed by atoms with E-state index in [0.29, 0.717) is 5.71 Å². The summed E-state index contributed by atoms with van der Waals surface area (Å²) in [7, 11) is 4.11. The predicted octanol–water partition coefficient (Wildman–Crippen LogP) is 2.23. The van der Waals surface area contributed by atoms with Crippen LogP contribution in [0.3, 0.4) is 0 Å². The van der Waals surface area contributed by atoms with Crippen molar-refractivity contribution in [2.24, 2.45) is 7.05 Å². The molecule has 0 saturated carbocycles. The molecule has 148 valence electrons. The number of rotatable bonds is 2. The molecule has 4 heterocycles. The number of aryl methyl sites for hydroxylation is 3. The van der Waals surface area contributed by atoms with E-state index in [9.17, 15) is 0 Å². The monoisotopic (exact) mass is 397 g/mol. The van der Waals surface area contributed by atoms with Gasteiger partial charge in [0.2, 0.25) is 5.71 Å². The molecule has 0 fully saturated rings. The van der Waals surface area contributed by atoms with Crippen LogP contribution in [-0.2, 0) is 7.05 Å². The Morgan fingerprint density at radius 2 is 1.90 bits per heavy atom. The Morgan fingerprint density at radius 1 is 1.10 bits per heavy atom. The highest BCUT2D eigenvalue weighted by atomic mass is 16.3. The third kappa shape index (κ3) is 2.85. The highest BCUT2D eigenvalue weighted by Gasteiger charge is 2.36. The summed E-state index contributed by atoms with van der Waals surface area (Å²) >= 11 is 0. The fraction of sp³-hybridized carbons (Fsp3) is 0.200. The second-order valence-electron chi connectivity index (χ2n) is 8.05. The van der Waals surface area contributed by atoms with Gasteiger partial charge in [-0.15, -0.1) is 0 Å². The lowest BCUT2D eigenvalue weighted by Gasteiger charge is -2.24. The van der Waals surface area contributed by atoms with Gasteiger partial charge < -0.3 is 9.23 Å². The molecule has 1 aliphatic rings. The Kier molecular flexibility index (Phi) is 3.55. The first kappa shape index (κ1) is 15.5. The molecule has 1 aromatic carbocycles. The SMILES string of the molecule is [2H]C([2H])([2H])c1cc(C)c2c3c(oc2n1)=C(C)B(c1cc(-c2ccccc2)cc[n+]1C)N(C)C=3. The van der Waals surface area contributed by atoms with Gasteiger partial charge in [-0.3, -0.25) is 0 Å². The van der Waals surface area contributed by atoms with Crippen LogP contribution in [0.5, 0.6) is 0 Å². The third-order valence-electron chi connectivity index (χ3n) is 5.98. The predicted molar refractivity (Wildman–Crippen MR) is 122 cm³/mol. The second-order valence-corrected chi connectivity index (χ2v) is 8.05. The van der Waals surface area contributed by atoms with Gasteiger partial charge in [-0.25, -0.2) is 9.55 Å². The number of aromatic nitrogens is 2. The maximum Gasteiger partial charge on any atom is 0.402 e. The minimum Gasteiger partial charge on any atom is -0.438 e. The number of hydrogen-bond acceptors (Lipinski definition) is 3. The topological polar surface area (TPSA) is 33.1 Å². The van der Waals surface area contributed by atoms with E-state index in [0.717, 1.165) is 38.2 Å². The lowest BCUT2D eigenvalue weighted by atomic mass is 9.50. The first-order valence-corrected chi connectivity index (χ1v) is 10.1. The van der Waals surface area contributed by atoms with Crippen LogP contribution in [0.25, 0.3) is 33.9 Å². The molecule has 0 bridgehead atoms. The van der Waals surface area contributed by atoms with Crippen molar-refractivity contribution < 1.29 is 13.1 Å². The summed E-state index contributed by atoms with van der Waals surface area (Å²) in [5.41, 5.74) is 6.55. The number of hydrogen-bond donors (Lipinski definition) is 0. The van der Waals surface area contributed by atoms with E-state index >= 15 is 0 Å². The van der Waals surface area contributed by atoms with Crippen LogP contribution < -0.4 is 20.8 Å². The van der Waals surface area contributed by atoms with E-state index in [1.165, 1.54) is 5.56 Å². The molecule has 0 N–H and O–H groups in total. The lowest BCUT2D eigenvalue weighted by molar-refractivity contribution is -0.654. The largest absolute Gasteiger partial charge is 0.438 e. The van der Waals surface area contributed by atoms with Crippen LogP contribution in [0.15, 0.2) is 59.1 Å². The Balaban J connectivity index is 1.72. The minimum atomic E-state index is -2.28. The zero-order valence-corrected chi connectivity index (χ0v) is 17.6. The summed E-state index contributed by atoms with van der Waals surface area (Å²) < 4.78 is 31.6. The molecule has 0 unspecified atom stereocenters. The number of benzene rings is 1. The Hall–Kier alpha value is -3.34. The average molecular weight is 397 g/mol. The molecule has 0 aliphatic carbocycles. The van der Waals surface area contributed by atoms with E-state index in [1.54, 1.807) is 6.07 Å². The molecule has 30 heavy (non-hydrogen) atoms. The molecule has 0 saturated heterocycles. The van der Waals surface area contributed by atoms with Gasteiger partial charge in [0, 0.05) is 27.2 Å². The van der Waals surface area contributed by atoms with Crippen molar-refractivity contribution >= 4 is 35.2 Å². The van der Waals surface area contributed by atoms with Crippen molar-refractivity contribution in [1.82, 2.24) is 9.79 Å². The highest BCUT2D eigenvalue weighted by molar-refractivity contribution is 6.85. The summed E-state index contributed by atoms with van der Waals surface area (Å²) in [6, 6.07) is 16.3. The molecule has 0 atom stereocenters. The van der Waals surface area contributed by atoms with Crippen LogP contribution >= 0.6 is 0 Å². The summed E-state index contributed by atoms with van der Waals surface area (Å²) in [6.07, 6.45) is 4.17. The van der Waals surface area contributed by atoms with Crippen molar-refractivity contribution in [3.8, 4) is 11.1 Å². The van der Waals surface area contributed by atoms with Crippen LogP contribution in [-0.4, -0.2) is 23.7 Å². The van der Waals surface area contributed by atoms with E-state index in [-0.39, 0.29) is 12.5 Å². The molecule has 1 aliphatic heterocycles. The summed E-state index contributed by atoms with van der Waals surface area (Å²) in [5.74, 6) is 0. The van der Waals surface area contributed by atoms with Crippen molar-refractivity contribution in [1.29, 1.82) is 0 Å². The number of furan rings is 1. The number of fused-ring (bicyclic) bond motifs is 3. The molecule has 5 heteroatoms. The van der Waals surface area contributed by atoms with Crippen molar-refractivity contribution in [2.45, 2.75) is 20.7 Å². The average Bonchev–Trinajstić information content (AvgIpc) is 3.14. The van der Waals surface area contributed by atoms with E-state index in [4.69, 9.17) is 8.53 Å². The number of pyridine rings is 2. The molecular formula is C25H25BN3O+. The zero-order chi connectivity index (χ0) is 23.5. The van der Waals surface area contributed by atoms with E-state index in [1.807, 2.05) is 32.2 Å². The van der Waals surface area contributed by atoms with Crippen LogP contribution in [0, 0.1) is 13.8 Å². The van der Waals surface area contributed by atoms with Crippen molar-refractivity contribution in [2.75, 3.05) is 7.05 Å². The summed E-state index contributed by atoms with van der Waals surface area (Å²) in [5, 5.41) is 1.82. The molecule has 5 rings (SSSR count). The lowest BCUT2D eigenvalue weighted by Crippen LogP contribution is -2.62. The van der Waals surface area contributed by atoms with Crippen LogP contribution in [0.1, 0.15) is 22.3 Å². The van der Waals surface area contributed by atoms with Crippen LogP contribution in [0.4, 0.5) is 0 Å². The Labute approximate surface area is 181 Å². The minimum absolute atomic E-state index is 0.0332. The van der Waals surface area contributed by atoms with Gasteiger partial charge in [0.25, 0.3) is 0 Å². The molecule has 4 aromatic rings. The quantitative estimate of drug-likeness (QED) is 0.384. The Morgan fingerprint density at radius 3 is 2.67 bits per heavy atom. The second kappa shape index (κ2) is 6.87. The van der Waals surface area contributed by atoms with Gasteiger partial charge in [-0.05, 0) is 62.2 Å². The zero-order valence-electron chi connectivity index (χ0n) is 20.6. The van der Waals surface area contributed by atoms with E-state index < -0.39 is 6.85 Å². The smallest absolute Gasteiger partial charge is 0.402 e. The van der Waals surface area contributed by atoms with Gasteiger partial charge in [0.15, 0.2) is 11.8 Å². The fourth-order valence-corrected chi connectivity index (χ4v) is 4.53. The number of nitrogens with zero attached hydrogens (tertiary/aromatic N) is 3. The van der Waals surface area contributed by atoms with Gasteiger partial charge in [-0.1, -0.05) is 30.3 Å². The molecule has 0 radical (unpaired) electrons. The van der Waals surface area contributed by atoms with Crippen molar-refractivity contribution in [3.63, 3.8) is 0 Å². The molecule has 3 aromatic heterocycles. The van der Waals surface area contributed by atoms with E-state index in [2.05, 4.69) is 65.0 Å². The first-order valence-electron chi connectivity index (χ1n) is 11.6. The molecule has 0 spiro atoms. The van der Waals surface area contributed by atoms with Crippen molar-refractivity contribution in [3.05, 3.63) is 76.6 Å². The molecule has 4 nitrogen and oxygen atoms in total. The van der Waals surface area contributed by atoms with Gasteiger partial charge in [0.1, 0.15) is 12.5 Å². The first-order chi connectivity index (χ1) is 15.6. The van der Waals surface area contributed by atoms with Crippen LogP contribution in [0.2, 0.25) is 0 Å². The summed E-state index contributed by atoms with van der Waals surface area (Å²) in [6.45, 7) is 1.67. The maximum absolute atomic E-state index is 7.74. The van der Waals surface area contributed by atoms with Gasteiger partial charge in [0.05, 0.1) is 5.39 Å². The summed E-state index contributed by atoms with van der Waals surface area (Å²) in [4.78, 5) is 6.54. The molecular weight excluding hydrogens is 369 g/mol.